The quantitative estimate of drug-likeness (QED) is 0.721. The monoisotopic (exact) mass is 265 g/mol. The van der Waals surface area contributed by atoms with Crippen LogP contribution in [0.1, 0.15) is 25.0 Å². The average Bonchev–Trinajstić information content (AvgIpc) is 3.10. The number of nitrogens with one attached hydrogen (secondary N) is 1. The normalized spacial score (nSPS) is 10.8. The Kier molecular flexibility index (Phi) is 3.46. The maximum Gasteiger partial charge on any atom is 0.134 e. The largest absolute Gasteiger partial charge is 0.344 e. The van der Waals surface area contributed by atoms with Gasteiger partial charge in [-0.25, -0.2) is 0 Å². The molecule has 0 radical (unpaired) electrons. The zero-order valence-corrected chi connectivity index (χ0v) is 11.1. The van der Waals surface area contributed by atoms with Crippen molar-refractivity contribution in [1.82, 2.24) is 20.0 Å². The van der Waals surface area contributed by atoms with Gasteiger partial charge in [-0.15, -0.1) is 5.10 Å². The second-order valence-electron chi connectivity index (χ2n) is 4.72. The van der Waals surface area contributed by atoms with Crippen LogP contribution in [0.3, 0.4) is 0 Å². The number of rotatable bonds is 5. The number of nitriles is 1. The number of hydrogen-bond acceptors (Lipinski definition) is 3. The van der Waals surface area contributed by atoms with E-state index in [2.05, 4.69) is 27.4 Å². The zero-order valence-electron chi connectivity index (χ0n) is 11.1. The third-order valence-corrected chi connectivity index (χ3v) is 3.30. The molecule has 0 fully saturated rings. The Balaban J connectivity index is 1.78. The van der Waals surface area contributed by atoms with Crippen molar-refractivity contribution in [3.05, 3.63) is 42.1 Å². The van der Waals surface area contributed by atoms with E-state index in [1.54, 1.807) is 0 Å². The van der Waals surface area contributed by atoms with Crippen molar-refractivity contribution in [1.29, 1.82) is 5.26 Å². The first kappa shape index (κ1) is 12.4. The molecule has 0 atom stereocenters. The summed E-state index contributed by atoms with van der Waals surface area (Å²) >= 11 is 0. The summed E-state index contributed by atoms with van der Waals surface area (Å²) in [5.74, 6) is 0.925. The molecule has 0 aliphatic carbocycles. The topological polar surface area (TPSA) is 70.3 Å². The van der Waals surface area contributed by atoms with Gasteiger partial charge in [-0.1, -0.05) is 17.3 Å². The second-order valence-corrected chi connectivity index (χ2v) is 4.72. The van der Waals surface area contributed by atoms with Gasteiger partial charge >= 0.3 is 0 Å². The van der Waals surface area contributed by atoms with Crippen LogP contribution in [0, 0.1) is 11.3 Å². The lowest BCUT2D eigenvalue weighted by atomic mass is 10.2. The van der Waals surface area contributed by atoms with E-state index in [1.807, 2.05) is 35.0 Å². The molecule has 5 nitrogen and oxygen atoms in total. The van der Waals surface area contributed by atoms with Crippen LogP contribution in [0.4, 0.5) is 0 Å². The molecule has 0 amide bonds. The molecule has 2 aromatic heterocycles. The predicted octanol–water partition coefficient (Wildman–Crippen LogP) is 2.98. The average molecular weight is 265 g/mol. The molecule has 3 aromatic rings. The van der Waals surface area contributed by atoms with Crippen molar-refractivity contribution in [3.8, 4) is 11.9 Å². The van der Waals surface area contributed by atoms with Gasteiger partial charge in [-0.2, -0.15) is 9.94 Å². The lowest BCUT2D eigenvalue weighted by Gasteiger charge is -1.99. The highest BCUT2D eigenvalue weighted by atomic mass is 15.4. The van der Waals surface area contributed by atoms with Gasteiger partial charge in [0, 0.05) is 12.1 Å². The molecule has 1 aromatic carbocycles. The molecule has 0 aliphatic rings. The molecular formula is C15H15N5. The van der Waals surface area contributed by atoms with E-state index in [1.165, 1.54) is 0 Å². The Morgan fingerprint density at radius 1 is 1.15 bits per heavy atom. The molecule has 3 rings (SSSR count). The van der Waals surface area contributed by atoms with Crippen molar-refractivity contribution >= 4 is 11.0 Å². The molecule has 100 valence electrons. The van der Waals surface area contributed by atoms with Gasteiger partial charge in [0.1, 0.15) is 11.3 Å². The maximum absolute atomic E-state index is 8.52. The zero-order chi connectivity index (χ0) is 13.8. The summed E-state index contributed by atoms with van der Waals surface area (Å²) < 4.78 is 1.81. The Morgan fingerprint density at radius 3 is 2.95 bits per heavy atom. The lowest BCUT2D eigenvalue weighted by Crippen LogP contribution is -1.97. The van der Waals surface area contributed by atoms with E-state index in [0.717, 1.165) is 41.8 Å². The van der Waals surface area contributed by atoms with Gasteiger partial charge in [-0.3, -0.25) is 0 Å². The van der Waals surface area contributed by atoms with Gasteiger partial charge in [0.05, 0.1) is 11.6 Å². The number of aryl methyl sites for hydroxylation is 1. The summed E-state index contributed by atoms with van der Waals surface area (Å²) in [6, 6.07) is 14.1. The summed E-state index contributed by atoms with van der Waals surface area (Å²) in [6.07, 6.45) is 3.54. The van der Waals surface area contributed by atoms with E-state index in [4.69, 9.17) is 5.26 Å². The van der Waals surface area contributed by atoms with Gasteiger partial charge < -0.3 is 4.98 Å². The molecule has 2 heterocycles. The molecule has 1 N–H and O–H groups in total. The van der Waals surface area contributed by atoms with E-state index in [-0.39, 0.29) is 0 Å². The minimum absolute atomic E-state index is 0.626. The number of H-pyrrole nitrogens is 1. The fourth-order valence-electron chi connectivity index (χ4n) is 2.26. The van der Waals surface area contributed by atoms with E-state index < -0.39 is 0 Å². The molecule has 0 aliphatic heterocycles. The number of fused-ring (bicyclic) bond motifs is 1. The van der Waals surface area contributed by atoms with Gasteiger partial charge in [0.25, 0.3) is 0 Å². The molecule has 0 unspecified atom stereocenters. The van der Waals surface area contributed by atoms with Crippen molar-refractivity contribution in [3.63, 3.8) is 0 Å². The minimum atomic E-state index is 0.626. The number of benzene rings is 1. The number of hydrogen-bond donors (Lipinski definition) is 1. The third kappa shape index (κ3) is 2.41. The molecule has 5 heteroatoms. The maximum atomic E-state index is 8.52. The predicted molar refractivity (Wildman–Crippen MR) is 76.4 cm³/mol. The summed E-state index contributed by atoms with van der Waals surface area (Å²) in [7, 11) is 0. The Morgan fingerprint density at radius 2 is 2.05 bits per heavy atom. The molecule has 0 bridgehead atoms. The standard InChI is InChI=1S/C15H15N5/c16-11-5-1-2-6-12-9-10-15(17-12)20-14-8-4-3-7-13(14)18-19-20/h3-4,7-10,17H,1-2,5-6H2. The van der Waals surface area contributed by atoms with E-state index in [0.29, 0.717) is 6.42 Å². The van der Waals surface area contributed by atoms with Gasteiger partial charge in [-0.05, 0) is 43.5 Å². The first-order chi connectivity index (χ1) is 9.88. The minimum Gasteiger partial charge on any atom is -0.344 e. The SMILES string of the molecule is N#CCCCCc1ccc(-n2nnc3ccccc32)[nH]1. The lowest BCUT2D eigenvalue weighted by molar-refractivity contribution is 0.736. The highest BCUT2D eigenvalue weighted by Crippen LogP contribution is 2.16. The molecule has 0 spiro atoms. The number of unbranched alkanes of at least 4 members (excludes halogenated alkanes) is 2. The Hall–Kier alpha value is -2.61. The van der Waals surface area contributed by atoms with Crippen LogP contribution in [-0.2, 0) is 6.42 Å². The second kappa shape index (κ2) is 5.57. The number of nitrogens with zero attached hydrogens (tertiary/aromatic N) is 4. The number of aromatic nitrogens is 4. The molecule has 20 heavy (non-hydrogen) atoms. The van der Waals surface area contributed by atoms with E-state index in [9.17, 15) is 0 Å². The van der Waals surface area contributed by atoms with Crippen LogP contribution >= 0.6 is 0 Å². The Labute approximate surface area is 116 Å². The van der Waals surface area contributed by atoms with Crippen LogP contribution in [0.25, 0.3) is 16.9 Å². The van der Waals surface area contributed by atoms with Crippen molar-refractivity contribution in [2.45, 2.75) is 25.7 Å². The van der Waals surface area contributed by atoms with Gasteiger partial charge in [0.15, 0.2) is 0 Å². The molecule has 0 saturated carbocycles. The van der Waals surface area contributed by atoms with Crippen LogP contribution in [0.2, 0.25) is 0 Å². The first-order valence-corrected chi connectivity index (χ1v) is 6.74. The molecular weight excluding hydrogens is 250 g/mol. The van der Waals surface area contributed by atoms with Crippen LogP contribution in [0.15, 0.2) is 36.4 Å². The van der Waals surface area contributed by atoms with E-state index >= 15 is 0 Å². The summed E-state index contributed by atoms with van der Waals surface area (Å²) in [5.41, 5.74) is 3.04. The molecule has 0 saturated heterocycles. The number of para-hydroxylation sites is 1. The van der Waals surface area contributed by atoms with Crippen LogP contribution in [-0.4, -0.2) is 20.0 Å². The smallest absolute Gasteiger partial charge is 0.134 e. The van der Waals surface area contributed by atoms with Crippen LogP contribution in [0.5, 0.6) is 0 Å². The van der Waals surface area contributed by atoms with Crippen LogP contribution < -0.4 is 0 Å². The highest BCUT2D eigenvalue weighted by Gasteiger charge is 2.07. The highest BCUT2D eigenvalue weighted by molar-refractivity contribution is 5.75. The number of aromatic amines is 1. The first-order valence-electron chi connectivity index (χ1n) is 6.74. The summed E-state index contributed by atoms with van der Waals surface area (Å²) in [6.45, 7) is 0. The summed E-state index contributed by atoms with van der Waals surface area (Å²) in [4.78, 5) is 3.36. The fourth-order valence-corrected chi connectivity index (χ4v) is 2.26. The van der Waals surface area contributed by atoms with Crippen molar-refractivity contribution in [2.24, 2.45) is 0 Å². The fraction of sp³-hybridized carbons (Fsp3) is 0.267. The summed E-state index contributed by atoms with van der Waals surface area (Å²) in [5, 5.41) is 16.8. The van der Waals surface area contributed by atoms with Crippen molar-refractivity contribution in [2.75, 3.05) is 0 Å². The van der Waals surface area contributed by atoms with Gasteiger partial charge in [0.2, 0.25) is 0 Å². The Bertz CT molecular complexity index is 747. The van der Waals surface area contributed by atoms with Crippen molar-refractivity contribution < 1.29 is 0 Å². The third-order valence-electron chi connectivity index (χ3n) is 3.30.